The highest BCUT2D eigenvalue weighted by Crippen LogP contribution is 2.42. The molecule has 0 aromatic heterocycles. The topological polar surface area (TPSA) is 141 Å². The number of aryl methyl sites for hydroxylation is 1. The van der Waals surface area contributed by atoms with Crippen molar-refractivity contribution in [2.24, 2.45) is 0 Å². The normalized spacial score (nSPS) is 17.4. The van der Waals surface area contributed by atoms with Gasteiger partial charge in [0.25, 0.3) is 17.4 Å². The molecule has 1 heterocycles. The first kappa shape index (κ1) is 23.6. The fourth-order valence-electron chi connectivity index (χ4n) is 3.91. The van der Waals surface area contributed by atoms with E-state index in [-0.39, 0.29) is 29.8 Å². The minimum absolute atomic E-state index is 0.0685. The van der Waals surface area contributed by atoms with E-state index in [1.807, 2.05) is 6.92 Å². The second-order valence-electron chi connectivity index (χ2n) is 7.86. The summed E-state index contributed by atoms with van der Waals surface area (Å²) in [4.78, 5) is 48.8. The third-order valence-corrected chi connectivity index (χ3v) is 5.57. The predicted molar refractivity (Wildman–Crippen MR) is 117 cm³/mol. The number of para-hydroxylation sites is 1. The monoisotopic (exact) mass is 451 g/mol. The molecule has 1 saturated heterocycles. The molecule has 1 amide bonds. The number of hydrogen-bond acceptors (Lipinski definition) is 7. The molecule has 0 spiro atoms. The fraction of sp³-hybridized carbons (Fsp3) is 0.292. The Morgan fingerprint density at radius 1 is 1.06 bits per heavy atom. The maximum absolute atomic E-state index is 13.0. The van der Waals surface area contributed by atoms with Crippen LogP contribution in [0.15, 0.2) is 54.1 Å². The molecule has 1 atom stereocenters. The summed E-state index contributed by atoms with van der Waals surface area (Å²) in [7, 11) is 0. The van der Waals surface area contributed by atoms with Crippen LogP contribution in [0.2, 0.25) is 0 Å². The Morgan fingerprint density at radius 2 is 1.73 bits per heavy atom. The molecule has 1 fully saturated rings. The number of amides is 1. The number of nitro benzene ring substituents is 1. The minimum atomic E-state index is -1.17. The van der Waals surface area contributed by atoms with Gasteiger partial charge in [-0.3, -0.25) is 19.7 Å². The van der Waals surface area contributed by atoms with Gasteiger partial charge in [-0.05, 0) is 32.3 Å². The van der Waals surface area contributed by atoms with E-state index < -0.39 is 34.4 Å². The molecule has 9 heteroatoms. The summed E-state index contributed by atoms with van der Waals surface area (Å²) in [5.74, 6) is -3.37. The third-order valence-electron chi connectivity index (χ3n) is 5.57. The molecule has 0 aliphatic carbocycles. The van der Waals surface area contributed by atoms with Crippen molar-refractivity contribution in [2.45, 2.75) is 38.6 Å². The molecule has 1 aliphatic heterocycles. The van der Waals surface area contributed by atoms with E-state index in [0.717, 1.165) is 5.56 Å². The number of carboxylic acids is 1. The van der Waals surface area contributed by atoms with Crippen molar-refractivity contribution in [2.75, 3.05) is 6.54 Å². The quantitative estimate of drug-likeness (QED) is 0.154. The lowest BCUT2D eigenvalue weighted by atomic mass is 9.94. The van der Waals surface area contributed by atoms with Gasteiger partial charge in [0.15, 0.2) is 0 Å². The Labute approximate surface area is 190 Å². The van der Waals surface area contributed by atoms with E-state index in [0.29, 0.717) is 24.8 Å². The lowest BCUT2D eigenvalue weighted by Crippen LogP contribution is -2.31. The number of hydrogen-bond donors (Lipinski definition) is 1. The van der Waals surface area contributed by atoms with Crippen LogP contribution in [-0.2, 0) is 14.4 Å². The highest BCUT2D eigenvalue weighted by Gasteiger charge is 2.47. The zero-order valence-corrected chi connectivity index (χ0v) is 18.0. The maximum atomic E-state index is 13.0. The first-order valence-corrected chi connectivity index (χ1v) is 10.5. The smallest absolute Gasteiger partial charge is 0.295 e. The van der Waals surface area contributed by atoms with Crippen molar-refractivity contribution in [3.63, 3.8) is 0 Å². The Hall–Kier alpha value is -4.01. The van der Waals surface area contributed by atoms with Crippen LogP contribution in [0.4, 0.5) is 5.69 Å². The van der Waals surface area contributed by atoms with Crippen LogP contribution in [0.3, 0.4) is 0 Å². The summed E-state index contributed by atoms with van der Waals surface area (Å²) >= 11 is 0. The lowest BCUT2D eigenvalue weighted by molar-refractivity contribution is -0.385. The van der Waals surface area contributed by atoms with Crippen LogP contribution in [-0.4, -0.2) is 39.1 Å². The summed E-state index contributed by atoms with van der Waals surface area (Å²) in [6.07, 6.45) is 1.05. The summed E-state index contributed by atoms with van der Waals surface area (Å²) in [5.41, 5.74) is 0.870. The minimum Gasteiger partial charge on any atom is -0.550 e. The van der Waals surface area contributed by atoms with Crippen LogP contribution >= 0.6 is 0 Å². The number of carbonyl (C=O) groups is 3. The lowest BCUT2D eigenvalue weighted by Gasteiger charge is -2.25. The molecular weight excluding hydrogens is 428 g/mol. The molecule has 0 radical (unpaired) electrons. The number of aliphatic hydroxyl groups excluding tert-OH is 1. The molecular formula is C24H23N2O7-. The van der Waals surface area contributed by atoms with Gasteiger partial charge in [-0.2, -0.15) is 0 Å². The van der Waals surface area contributed by atoms with Gasteiger partial charge in [0.1, 0.15) is 5.76 Å². The van der Waals surface area contributed by atoms with Crippen molar-refractivity contribution in [1.82, 2.24) is 4.90 Å². The number of unbranched alkanes of at least 4 members (excludes halogenated alkanes) is 2. The number of nitro groups is 1. The second kappa shape index (κ2) is 10.1. The highest BCUT2D eigenvalue weighted by molar-refractivity contribution is 6.46. The van der Waals surface area contributed by atoms with Gasteiger partial charge in [-0.25, -0.2) is 0 Å². The zero-order valence-electron chi connectivity index (χ0n) is 18.0. The molecule has 2 aromatic rings. The first-order chi connectivity index (χ1) is 15.7. The molecule has 9 nitrogen and oxygen atoms in total. The zero-order chi connectivity index (χ0) is 24.1. The highest BCUT2D eigenvalue weighted by atomic mass is 16.6. The first-order valence-electron chi connectivity index (χ1n) is 10.5. The van der Waals surface area contributed by atoms with E-state index >= 15 is 0 Å². The number of Topliss-reactive ketones (excluding diaryl/α,β-unsaturated/α-hetero) is 1. The van der Waals surface area contributed by atoms with E-state index in [1.54, 1.807) is 30.3 Å². The number of nitrogens with zero attached hydrogens (tertiary/aromatic N) is 2. The van der Waals surface area contributed by atoms with Crippen LogP contribution in [0.1, 0.15) is 48.4 Å². The average molecular weight is 451 g/mol. The molecule has 33 heavy (non-hydrogen) atoms. The summed E-state index contributed by atoms with van der Waals surface area (Å²) in [6, 6.07) is 11.3. The number of ketones is 1. The largest absolute Gasteiger partial charge is 0.550 e. The molecule has 0 bridgehead atoms. The predicted octanol–water partition coefficient (Wildman–Crippen LogP) is 2.64. The van der Waals surface area contributed by atoms with Gasteiger partial charge in [0.05, 0.1) is 22.1 Å². The van der Waals surface area contributed by atoms with E-state index in [4.69, 9.17) is 0 Å². The van der Waals surface area contributed by atoms with Gasteiger partial charge >= 0.3 is 0 Å². The van der Waals surface area contributed by atoms with Gasteiger partial charge in [0, 0.05) is 24.1 Å². The number of likely N-dealkylation sites (tertiary alicyclic amines) is 1. The van der Waals surface area contributed by atoms with E-state index in [1.165, 1.54) is 23.1 Å². The fourth-order valence-corrected chi connectivity index (χ4v) is 3.91. The molecule has 1 unspecified atom stereocenters. The number of aliphatic hydroxyl groups is 1. The summed E-state index contributed by atoms with van der Waals surface area (Å²) < 4.78 is 0. The Balaban J connectivity index is 2.06. The summed E-state index contributed by atoms with van der Waals surface area (Å²) in [6.45, 7) is 1.93. The Bertz CT molecular complexity index is 1120. The van der Waals surface area contributed by atoms with E-state index in [2.05, 4.69) is 0 Å². The van der Waals surface area contributed by atoms with Crippen molar-refractivity contribution in [3.8, 4) is 0 Å². The van der Waals surface area contributed by atoms with Gasteiger partial charge in [-0.1, -0.05) is 48.4 Å². The van der Waals surface area contributed by atoms with Gasteiger partial charge in [-0.15, -0.1) is 0 Å². The Morgan fingerprint density at radius 3 is 2.36 bits per heavy atom. The van der Waals surface area contributed by atoms with Crippen LogP contribution < -0.4 is 5.11 Å². The second-order valence-corrected chi connectivity index (χ2v) is 7.86. The van der Waals surface area contributed by atoms with Gasteiger partial charge in [0.2, 0.25) is 0 Å². The molecule has 3 rings (SSSR count). The third kappa shape index (κ3) is 5.08. The van der Waals surface area contributed by atoms with Crippen molar-refractivity contribution in [1.29, 1.82) is 0 Å². The Kier molecular flexibility index (Phi) is 7.22. The van der Waals surface area contributed by atoms with E-state index in [9.17, 15) is 34.7 Å². The van der Waals surface area contributed by atoms with Gasteiger partial charge < -0.3 is 19.9 Å². The van der Waals surface area contributed by atoms with Crippen LogP contribution in [0, 0.1) is 17.0 Å². The van der Waals surface area contributed by atoms with Crippen molar-refractivity contribution >= 4 is 29.1 Å². The maximum Gasteiger partial charge on any atom is 0.295 e. The average Bonchev–Trinajstić information content (AvgIpc) is 3.03. The number of carboxylic acid groups (broad SMARTS) is 1. The number of carbonyl (C=O) groups excluding carboxylic acids is 3. The standard InChI is InChI=1S/C24H24N2O7/c1-15-10-12-16(13-11-15)22(29)20-21(17-7-4-5-8-18(17)26(32)33)25(24(31)23(20)30)14-6-2-3-9-19(27)28/h4-5,7-8,10-13,21,29H,2-3,6,9,14H2,1H3,(H,27,28)/p-1. The molecule has 0 saturated carbocycles. The number of aliphatic carboxylic acids is 1. The molecule has 1 N–H and O–H groups in total. The summed E-state index contributed by atoms with van der Waals surface area (Å²) in [5, 5.41) is 33.3. The molecule has 172 valence electrons. The molecule has 2 aromatic carbocycles. The SMILES string of the molecule is Cc1ccc(C(O)=C2C(=O)C(=O)N(CCCCCC(=O)[O-])C2c2ccccc2[N+](=O)[O-])cc1. The van der Waals surface area contributed by atoms with Crippen molar-refractivity contribution < 1.29 is 29.5 Å². The van der Waals surface area contributed by atoms with Crippen LogP contribution in [0.5, 0.6) is 0 Å². The number of benzene rings is 2. The van der Waals surface area contributed by atoms with Crippen LogP contribution in [0.25, 0.3) is 5.76 Å². The number of rotatable bonds is 9. The van der Waals surface area contributed by atoms with Crippen molar-refractivity contribution in [3.05, 3.63) is 80.9 Å². The molecule has 1 aliphatic rings.